The molecule has 0 radical (unpaired) electrons. The van der Waals surface area contributed by atoms with E-state index < -0.39 is 0 Å². The molecule has 0 spiro atoms. The Morgan fingerprint density at radius 1 is 1.22 bits per heavy atom. The Morgan fingerprint density at radius 3 is 2.74 bits per heavy atom. The predicted octanol–water partition coefficient (Wildman–Crippen LogP) is 4.18. The van der Waals surface area contributed by atoms with Gasteiger partial charge >= 0.3 is 0 Å². The molecule has 0 unspecified atom stereocenters. The Hall–Kier alpha value is -2.24. The second kappa shape index (κ2) is 7.79. The number of aromatic nitrogens is 1. The number of fused-ring (bicyclic) bond motifs is 1. The largest absolute Gasteiger partial charge is 0.511 e. The molecule has 1 fully saturated rings. The maximum absolute atomic E-state index is 12.5. The van der Waals surface area contributed by atoms with Crippen molar-refractivity contribution in [2.45, 2.75) is 72.1 Å². The van der Waals surface area contributed by atoms with Crippen LogP contribution in [0.1, 0.15) is 81.1 Å². The average Bonchev–Trinajstić information content (AvgIpc) is 2.99. The van der Waals surface area contributed by atoms with Crippen LogP contribution in [0.15, 0.2) is 20.8 Å². The second-order valence-electron chi connectivity index (χ2n) is 8.30. The van der Waals surface area contributed by atoms with Gasteiger partial charge in [-0.2, -0.15) is 0 Å². The third kappa shape index (κ3) is 4.20. The number of carbonyl (C=O) groups excluding carboxylic acids is 2. The van der Waals surface area contributed by atoms with Gasteiger partial charge in [-0.3, -0.25) is 14.6 Å². The summed E-state index contributed by atoms with van der Waals surface area (Å²) in [6, 6.07) is 0. The molecule has 1 aromatic heterocycles. The normalized spacial score (nSPS) is 22.9. The Balaban J connectivity index is 1.80. The summed E-state index contributed by atoms with van der Waals surface area (Å²) in [5.74, 6) is 0.685. The van der Waals surface area contributed by atoms with Gasteiger partial charge in [-0.15, -0.1) is 0 Å². The smallest absolute Gasteiger partial charge is 0.168 e. The summed E-state index contributed by atoms with van der Waals surface area (Å²) in [4.78, 5) is 29.3. The lowest BCUT2D eigenvalue weighted by Crippen LogP contribution is -2.26. The SMILES string of the molecule is CCCN=C1CCCC(=O)/C1=C(/O)CCc1noc2c1C(=O)CC(C)(C)C2. The molecule has 0 bridgehead atoms. The molecule has 1 saturated carbocycles. The molecule has 0 aromatic carbocycles. The number of rotatable bonds is 5. The summed E-state index contributed by atoms with van der Waals surface area (Å²) < 4.78 is 5.41. The molecule has 2 aliphatic rings. The van der Waals surface area contributed by atoms with Gasteiger partial charge in [0, 0.05) is 44.4 Å². The van der Waals surface area contributed by atoms with E-state index in [0.29, 0.717) is 60.5 Å². The number of hydrogen-bond donors (Lipinski definition) is 1. The molecule has 0 aliphatic heterocycles. The highest BCUT2D eigenvalue weighted by Gasteiger charge is 2.36. The van der Waals surface area contributed by atoms with E-state index in [4.69, 9.17) is 4.52 Å². The molecule has 1 aromatic rings. The zero-order valence-corrected chi connectivity index (χ0v) is 16.4. The van der Waals surface area contributed by atoms with Gasteiger partial charge in [0.1, 0.15) is 11.5 Å². The third-order valence-electron chi connectivity index (χ3n) is 5.19. The van der Waals surface area contributed by atoms with Gasteiger partial charge in [0.15, 0.2) is 11.6 Å². The number of nitrogens with zero attached hydrogens (tertiary/aromatic N) is 2. The Kier molecular flexibility index (Phi) is 5.63. The van der Waals surface area contributed by atoms with Crippen molar-refractivity contribution in [2.75, 3.05) is 6.54 Å². The van der Waals surface area contributed by atoms with Gasteiger partial charge in [-0.25, -0.2) is 0 Å². The lowest BCUT2D eigenvalue weighted by molar-refractivity contribution is -0.115. The van der Waals surface area contributed by atoms with Crippen LogP contribution in [-0.4, -0.2) is 34.1 Å². The number of aliphatic imine (C=N–C) groups is 1. The summed E-state index contributed by atoms with van der Waals surface area (Å²) in [7, 11) is 0. The molecule has 0 amide bonds. The van der Waals surface area contributed by atoms with Crippen molar-refractivity contribution in [2.24, 2.45) is 10.4 Å². The predicted molar refractivity (Wildman–Crippen MR) is 102 cm³/mol. The monoisotopic (exact) mass is 372 g/mol. The van der Waals surface area contributed by atoms with Crippen LogP contribution in [0.5, 0.6) is 0 Å². The van der Waals surface area contributed by atoms with Crippen molar-refractivity contribution >= 4 is 17.3 Å². The Morgan fingerprint density at radius 2 is 2.00 bits per heavy atom. The van der Waals surface area contributed by atoms with Crippen LogP contribution < -0.4 is 0 Å². The van der Waals surface area contributed by atoms with Crippen molar-refractivity contribution in [3.8, 4) is 0 Å². The van der Waals surface area contributed by atoms with Crippen LogP contribution >= 0.6 is 0 Å². The first-order valence-corrected chi connectivity index (χ1v) is 9.82. The summed E-state index contributed by atoms with van der Waals surface area (Å²) in [5.41, 5.74) is 2.12. The van der Waals surface area contributed by atoms with Gasteiger partial charge < -0.3 is 9.63 Å². The minimum absolute atomic E-state index is 0.0450. The summed E-state index contributed by atoms with van der Waals surface area (Å²) >= 11 is 0. The maximum atomic E-state index is 12.5. The molecule has 6 nitrogen and oxygen atoms in total. The van der Waals surface area contributed by atoms with Crippen molar-refractivity contribution in [1.82, 2.24) is 5.16 Å². The molecular formula is C21H28N2O4. The standard InChI is InChI=1S/C21H28N2O4/c1-4-10-22-13-6-5-7-15(24)19(13)16(25)9-8-14-20-17(26)11-21(2,3)12-18(20)27-23-14/h25H,4-12H2,1-3H3/b19-16+,22-13?. The zero-order chi connectivity index (χ0) is 19.6. The number of hydrogen-bond acceptors (Lipinski definition) is 6. The average molecular weight is 372 g/mol. The lowest BCUT2D eigenvalue weighted by atomic mass is 9.76. The van der Waals surface area contributed by atoms with E-state index in [-0.39, 0.29) is 29.2 Å². The van der Waals surface area contributed by atoms with Crippen LogP contribution in [0, 0.1) is 5.41 Å². The molecule has 1 heterocycles. The second-order valence-corrected chi connectivity index (χ2v) is 8.30. The van der Waals surface area contributed by atoms with Crippen LogP contribution in [0.2, 0.25) is 0 Å². The molecule has 3 rings (SSSR count). The minimum Gasteiger partial charge on any atom is -0.511 e. The highest BCUT2D eigenvalue weighted by atomic mass is 16.5. The molecule has 27 heavy (non-hydrogen) atoms. The van der Waals surface area contributed by atoms with Crippen molar-refractivity contribution in [3.05, 3.63) is 28.3 Å². The van der Waals surface area contributed by atoms with Crippen LogP contribution in [0.4, 0.5) is 0 Å². The zero-order valence-electron chi connectivity index (χ0n) is 16.4. The Bertz CT molecular complexity index is 814. The quantitative estimate of drug-likeness (QED) is 0.618. The first-order valence-electron chi connectivity index (χ1n) is 9.82. The van der Waals surface area contributed by atoms with E-state index in [0.717, 1.165) is 19.3 Å². The fourth-order valence-electron chi connectivity index (χ4n) is 3.91. The molecule has 0 saturated heterocycles. The van der Waals surface area contributed by atoms with Gasteiger partial charge in [0.05, 0.1) is 16.8 Å². The number of aliphatic hydroxyl groups is 1. The molecule has 1 N–H and O–H groups in total. The van der Waals surface area contributed by atoms with E-state index in [1.54, 1.807) is 0 Å². The van der Waals surface area contributed by atoms with Crippen LogP contribution in [0.25, 0.3) is 0 Å². The highest BCUT2D eigenvalue weighted by molar-refractivity contribution is 6.24. The van der Waals surface area contributed by atoms with Gasteiger partial charge in [-0.1, -0.05) is 25.9 Å². The number of carbonyl (C=O) groups is 2. The third-order valence-corrected chi connectivity index (χ3v) is 5.19. The Labute approximate surface area is 159 Å². The van der Waals surface area contributed by atoms with Crippen LogP contribution in [0.3, 0.4) is 0 Å². The van der Waals surface area contributed by atoms with E-state index in [1.165, 1.54) is 0 Å². The first-order chi connectivity index (χ1) is 12.8. The van der Waals surface area contributed by atoms with E-state index in [2.05, 4.69) is 10.1 Å². The summed E-state index contributed by atoms with van der Waals surface area (Å²) in [6.45, 7) is 6.76. The lowest BCUT2D eigenvalue weighted by Gasteiger charge is -2.26. The van der Waals surface area contributed by atoms with Gasteiger partial charge in [0.2, 0.25) is 0 Å². The minimum atomic E-state index is -0.121. The maximum Gasteiger partial charge on any atom is 0.168 e. The number of ketones is 2. The van der Waals surface area contributed by atoms with Crippen molar-refractivity contribution in [1.29, 1.82) is 0 Å². The fourth-order valence-corrected chi connectivity index (χ4v) is 3.91. The molecule has 146 valence electrons. The number of Topliss-reactive ketones (excluding diaryl/α,β-unsaturated/α-hetero) is 2. The topological polar surface area (TPSA) is 92.8 Å². The number of aryl methyl sites for hydroxylation is 1. The van der Waals surface area contributed by atoms with Gasteiger partial charge in [-0.05, 0) is 24.7 Å². The number of allylic oxidation sites excluding steroid dienone is 2. The van der Waals surface area contributed by atoms with E-state index in [1.807, 2.05) is 20.8 Å². The summed E-state index contributed by atoms with van der Waals surface area (Å²) in [5, 5.41) is 14.7. The highest BCUT2D eigenvalue weighted by Crippen LogP contribution is 2.36. The van der Waals surface area contributed by atoms with E-state index in [9.17, 15) is 14.7 Å². The number of aliphatic hydroxyl groups excluding tert-OH is 1. The molecule has 6 heteroatoms. The molecular weight excluding hydrogens is 344 g/mol. The van der Waals surface area contributed by atoms with Crippen molar-refractivity contribution in [3.63, 3.8) is 0 Å². The molecule has 2 aliphatic carbocycles. The van der Waals surface area contributed by atoms with E-state index >= 15 is 0 Å². The summed E-state index contributed by atoms with van der Waals surface area (Å²) in [6.07, 6.45) is 4.61. The van der Waals surface area contributed by atoms with Crippen molar-refractivity contribution < 1.29 is 19.2 Å². The fraction of sp³-hybridized carbons (Fsp3) is 0.619. The van der Waals surface area contributed by atoms with Gasteiger partial charge in [0.25, 0.3) is 0 Å². The van der Waals surface area contributed by atoms with Crippen LogP contribution in [-0.2, 0) is 17.6 Å². The molecule has 0 atom stereocenters. The first kappa shape index (κ1) is 19.5.